The van der Waals surface area contributed by atoms with Gasteiger partial charge in [-0.15, -0.1) is 58.0 Å². The summed E-state index contributed by atoms with van der Waals surface area (Å²) in [6.07, 6.45) is -0.717. The Balaban J connectivity index is 2.81. The molecule has 2 nitrogen and oxygen atoms in total. The summed E-state index contributed by atoms with van der Waals surface area (Å²) in [4.78, 5) is 10.8. The first-order chi connectivity index (χ1) is 6.86. The van der Waals surface area contributed by atoms with E-state index in [0.717, 1.165) is 0 Å². The summed E-state index contributed by atoms with van der Waals surface area (Å²) in [7, 11) is 0. The molecule has 0 aromatic carbocycles. The fourth-order valence-corrected chi connectivity index (χ4v) is 3.33. The number of ether oxygens (including phenoxy) is 1. The first-order valence-electron chi connectivity index (χ1n) is 4.24. The molecule has 1 fully saturated rings. The highest BCUT2D eigenvalue weighted by Crippen LogP contribution is 2.38. The van der Waals surface area contributed by atoms with Crippen LogP contribution in [-0.4, -0.2) is 39.0 Å². The number of alkyl halides is 5. The number of carbonyl (C=O) groups excluding carboxylic acids is 1. The average Bonchev–Trinajstić information content (AvgIpc) is 2.18. The van der Waals surface area contributed by atoms with Crippen molar-refractivity contribution in [2.45, 2.75) is 39.9 Å². The lowest BCUT2D eigenvalue weighted by Crippen LogP contribution is -2.55. The zero-order chi connectivity index (χ0) is 11.7. The maximum absolute atomic E-state index is 10.8. The summed E-state index contributed by atoms with van der Waals surface area (Å²) < 4.78 is 4.97. The predicted molar refractivity (Wildman–Crippen MR) is 63.8 cm³/mol. The van der Waals surface area contributed by atoms with Crippen LogP contribution in [0.4, 0.5) is 0 Å². The predicted octanol–water partition coefficient (Wildman–Crippen LogP) is 2.97. The lowest BCUT2D eigenvalue weighted by Gasteiger charge is -2.39. The molecular weight excluding hydrogens is 305 g/mol. The van der Waals surface area contributed by atoms with Gasteiger partial charge in [0.25, 0.3) is 0 Å². The minimum Gasteiger partial charge on any atom is -0.459 e. The molecule has 0 aromatic rings. The van der Waals surface area contributed by atoms with Crippen LogP contribution in [0.1, 0.15) is 6.92 Å². The van der Waals surface area contributed by atoms with Crippen LogP contribution in [0.15, 0.2) is 0 Å². The van der Waals surface area contributed by atoms with E-state index in [1.807, 2.05) is 0 Å². The summed E-state index contributed by atoms with van der Waals surface area (Å²) in [5.74, 6) is -0.475. The Morgan fingerprint density at radius 3 is 1.53 bits per heavy atom. The normalized spacial score (nSPS) is 46.3. The van der Waals surface area contributed by atoms with Crippen LogP contribution in [0.5, 0.6) is 0 Å². The third-order valence-corrected chi connectivity index (χ3v) is 5.33. The highest BCUT2D eigenvalue weighted by Gasteiger charge is 2.49. The van der Waals surface area contributed by atoms with Crippen molar-refractivity contribution >= 4 is 64.0 Å². The van der Waals surface area contributed by atoms with Crippen LogP contribution in [0.25, 0.3) is 0 Å². The zero-order valence-electron chi connectivity index (χ0n) is 7.67. The van der Waals surface area contributed by atoms with Crippen molar-refractivity contribution in [3.05, 3.63) is 0 Å². The highest BCUT2D eigenvalue weighted by atomic mass is 35.5. The molecule has 1 aliphatic carbocycles. The van der Waals surface area contributed by atoms with Crippen molar-refractivity contribution in [1.82, 2.24) is 0 Å². The molecule has 7 heteroatoms. The lowest BCUT2D eigenvalue weighted by atomic mass is 9.95. The first-order valence-corrected chi connectivity index (χ1v) is 6.42. The molecule has 88 valence electrons. The van der Waals surface area contributed by atoms with E-state index < -0.39 is 39.0 Å². The Bertz CT molecular complexity index is 233. The number of hydrogen-bond donors (Lipinski definition) is 0. The van der Waals surface area contributed by atoms with Crippen LogP contribution >= 0.6 is 58.0 Å². The van der Waals surface area contributed by atoms with Gasteiger partial charge in [0.1, 0.15) is 6.10 Å². The van der Waals surface area contributed by atoms with E-state index in [4.69, 9.17) is 62.7 Å². The minimum absolute atomic E-state index is 0.475. The molecule has 0 saturated heterocycles. The van der Waals surface area contributed by atoms with Crippen LogP contribution in [-0.2, 0) is 9.53 Å². The van der Waals surface area contributed by atoms with Crippen molar-refractivity contribution in [2.24, 2.45) is 0 Å². The quantitative estimate of drug-likeness (QED) is 0.549. The Kier molecular flexibility index (Phi) is 5.13. The number of esters is 1. The third kappa shape index (κ3) is 2.98. The largest absolute Gasteiger partial charge is 0.459 e. The first kappa shape index (κ1) is 14.0. The van der Waals surface area contributed by atoms with Crippen molar-refractivity contribution in [3.8, 4) is 0 Å². The maximum atomic E-state index is 10.8. The van der Waals surface area contributed by atoms with Gasteiger partial charge >= 0.3 is 5.97 Å². The van der Waals surface area contributed by atoms with Gasteiger partial charge in [-0.2, -0.15) is 0 Å². The van der Waals surface area contributed by atoms with Gasteiger partial charge in [0.2, 0.25) is 0 Å². The van der Waals surface area contributed by atoms with Gasteiger partial charge in [0.15, 0.2) is 0 Å². The molecule has 6 atom stereocenters. The van der Waals surface area contributed by atoms with Crippen molar-refractivity contribution in [3.63, 3.8) is 0 Å². The summed E-state index contributed by atoms with van der Waals surface area (Å²) in [6.45, 7) is 1.27. The van der Waals surface area contributed by atoms with Gasteiger partial charge in [-0.05, 0) is 0 Å². The van der Waals surface area contributed by atoms with E-state index >= 15 is 0 Å². The van der Waals surface area contributed by atoms with E-state index in [2.05, 4.69) is 0 Å². The number of hydrogen-bond acceptors (Lipinski definition) is 2. The van der Waals surface area contributed by atoms with Gasteiger partial charge < -0.3 is 4.74 Å². The second-order valence-electron chi connectivity index (χ2n) is 3.30. The molecule has 1 saturated carbocycles. The summed E-state index contributed by atoms with van der Waals surface area (Å²) >= 11 is 29.8. The summed E-state index contributed by atoms with van der Waals surface area (Å²) in [5.41, 5.74) is 0. The van der Waals surface area contributed by atoms with E-state index in [9.17, 15) is 4.79 Å². The van der Waals surface area contributed by atoms with Crippen LogP contribution < -0.4 is 0 Å². The number of carbonyl (C=O) groups is 1. The van der Waals surface area contributed by atoms with Gasteiger partial charge in [-0.25, -0.2) is 0 Å². The number of rotatable bonds is 1. The topological polar surface area (TPSA) is 26.3 Å². The SMILES string of the molecule is CC(=O)OC1[C@@H](Cl)[C@@H](Cl)C(Cl)[C@@H](Cl)[C@H]1Cl. The monoisotopic (exact) mass is 312 g/mol. The Hall–Kier alpha value is 0.920. The maximum Gasteiger partial charge on any atom is 0.303 e. The van der Waals surface area contributed by atoms with Crippen LogP contribution in [0.2, 0.25) is 0 Å². The fourth-order valence-electron chi connectivity index (χ4n) is 1.39. The number of halogens is 5. The molecule has 0 spiro atoms. The summed E-state index contributed by atoms with van der Waals surface area (Å²) in [5, 5.41) is -3.01. The van der Waals surface area contributed by atoms with Gasteiger partial charge in [0.05, 0.1) is 26.9 Å². The molecule has 0 aliphatic heterocycles. The molecule has 0 heterocycles. The molecular formula is C8H9Cl5O2. The van der Waals surface area contributed by atoms with Crippen molar-refractivity contribution in [1.29, 1.82) is 0 Å². The Morgan fingerprint density at radius 2 is 1.20 bits per heavy atom. The minimum atomic E-state index is -0.717. The van der Waals surface area contributed by atoms with Gasteiger partial charge in [-0.3, -0.25) is 4.79 Å². The fraction of sp³-hybridized carbons (Fsp3) is 0.875. The molecule has 0 amide bonds. The van der Waals surface area contributed by atoms with E-state index in [1.54, 1.807) is 0 Å². The van der Waals surface area contributed by atoms with Crippen LogP contribution in [0, 0.1) is 0 Å². The molecule has 0 aromatic heterocycles. The van der Waals surface area contributed by atoms with Crippen LogP contribution in [0.3, 0.4) is 0 Å². The average molecular weight is 314 g/mol. The standard InChI is InChI=1S/C8H9Cl5O2/c1-2(14)15-8-6(12)4(10)3(9)5(11)7(8)13/h3-8H,1H3/t3?,4-,5+,6-,7+,8?. The van der Waals surface area contributed by atoms with Gasteiger partial charge in [0, 0.05) is 6.92 Å². The molecule has 0 N–H and O–H groups in total. The van der Waals surface area contributed by atoms with E-state index in [-0.39, 0.29) is 0 Å². The Labute approximate surface area is 113 Å². The molecule has 2 unspecified atom stereocenters. The van der Waals surface area contributed by atoms with E-state index in [1.165, 1.54) is 6.92 Å². The highest BCUT2D eigenvalue weighted by molar-refractivity contribution is 6.41. The molecule has 0 bridgehead atoms. The molecule has 15 heavy (non-hydrogen) atoms. The smallest absolute Gasteiger partial charge is 0.303 e. The Morgan fingerprint density at radius 1 is 0.867 bits per heavy atom. The summed E-state index contributed by atoms with van der Waals surface area (Å²) in [6, 6.07) is 0. The molecule has 0 radical (unpaired) electrons. The second kappa shape index (κ2) is 5.50. The third-order valence-electron chi connectivity index (χ3n) is 2.15. The molecule has 1 rings (SSSR count). The van der Waals surface area contributed by atoms with Gasteiger partial charge in [-0.1, -0.05) is 0 Å². The van der Waals surface area contributed by atoms with E-state index in [0.29, 0.717) is 0 Å². The molecule has 1 aliphatic rings. The second-order valence-corrected chi connectivity index (χ2v) is 5.82. The lowest BCUT2D eigenvalue weighted by molar-refractivity contribution is -0.147. The van der Waals surface area contributed by atoms with Crippen molar-refractivity contribution < 1.29 is 9.53 Å². The zero-order valence-corrected chi connectivity index (χ0v) is 11.5. The van der Waals surface area contributed by atoms with Crippen molar-refractivity contribution in [2.75, 3.05) is 0 Å².